The summed E-state index contributed by atoms with van der Waals surface area (Å²) in [6, 6.07) is 29.3. The van der Waals surface area contributed by atoms with Gasteiger partial charge in [0.25, 0.3) is 5.82 Å². The van der Waals surface area contributed by atoms with Gasteiger partial charge in [-0.15, -0.1) is 0 Å². The number of rotatable bonds is 4. The molecule has 2 saturated carbocycles. The number of hydrogen-bond acceptors (Lipinski definition) is 1. The van der Waals surface area contributed by atoms with E-state index < -0.39 is 0 Å². The average Bonchev–Trinajstić information content (AvgIpc) is 3.85. The van der Waals surface area contributed by atoms with Crippen LogP contribution in [0, 0.1) is 0 Å². The summed E-state index contributed by atoms with van der Waals surface area (Å²) in [6.45, 7) is 0.893. The van der Waals surface area contributed by atoms with Crippen LogP contribution < -0.4 is 4.57 Å². The molecular weight excluding hydrogens is 500 g/mol. The van der Waals surface area contributed by atoms with Crippen LogP contribution in [0.25, 0.3) is 50.1 Å². The average molecular weight is 536 g/mol. The van der Waals surface area contributed by atoms with E-state index >= 15 is 0 Å². The van der Waals surface area contributed by atoms with E-state index in [2.05, 4.69) is 100 Å². The number of para-hydroxylation sites is 1. The second-order valence-electron chi connectivity index (χ2n) is 12.6. The van der Waals surface area contributed by atoms with Crippen molar-refractivity contribution in [3.63, 3.8) is 0 Å². The molecule has 0 radical (unpaired) electrons. The number of fused-ring (bicyclic) bond motifs is 6. The van der Waals surface area contributed by atoms with Crippen molar-refractivity contribution in [3.8, 4) is 28.2 Å². The first kappa shape index (κ1) is 23.6. The smallest absolute Gasteiger partial charge is 0.294 e. The van der Waals surface area contributed by atoms with Gasteiger partial charge in [0, 0.05) is 27.5 Å². The number of furan rings is 1. The number of hydrogen-bond donors (Lipinski definition) is 0. The molecule has 0 saturated heterocycles. The van der Waals surface area contributed by atoms with Gasteiger partial charge in [0.05, 0.1) is 5.56 Å². The molecule has 3 nitrogen and oxygen atoms in total. The van der Waals surface area contributed by atoms with E-state index in [-0.39, 0.29) is 0 Å². The topological polar surface area (TPSA) is 21.9 Å². The third-order valence-electron chi connectivity index (χ3n) is 10.2. The normalized spacial score (nSPS) is 17.2. The fraction of sp³-hybridized carbons (Fsp3) is 0.289. The molecule has 41 heavy (non-hydrogen) atoms. The van der Waals surface area contributed by atoms with Crippen molar-refractivity contribution in [1.29, 1.82) is 0 Å². The van der Waals surface area contributed by atoms with Crippen LogP contribution in [0.15, 0.2) is 95.7 Å². The molecule has 3 heteroatoms. The summed E-state index contributed by atoms with van der Waals surface area (Å²) in [5, 5.41) is 2.42. The largest absolute Gasteiger partial charge is 0.456 e. The predicted molar refractivity (Wildman–Crippen MR) is 166 cm³/mol. The van der Waals surface area contributed by atoms with Crippen molar-refractivity contribution in [3.05, 3.63) is 108 Å². The van der Waals surface area contributed by atoms with Gasteiger partial charge in [-0.3, -0.25) is 0 Å². The molecular formula is C38H35N2O+. The minimum atomic E-state index is 0.623. The van der Waals surface area contributed by atoms with E-state index in [1.54, 1.807) is 11.1 Å². The van der Waals surface area contributed by atoms with E-state index in [1.165, 1.54) is 95.9 Å². The Kier molecular flexibility index (Phi) is 5.29. The minimum absolute atomic E-state index is 0.623. The van der Waals surface area contributed by atoms with Gasteiger partial charge in [-0.05, 0) is 79.0 Å². The number of nitrogens with zero attached hydrogens (tertiary/aromatic N) is 2. The van der Waals surface area contributed by atoms with Gasteiger partial charge >= 0.3 is 0 Å². The first-order valence-electron chi connectivity index (χ1n) is 15.6. The third kappa shape index (κ3) is 3.68. The summed E-state index contributed by atoms with van der Waals surface area (Å²) in [4.78, 5) is 0. The van der Waals surface area contributed by atoms with Gasteiger partial charge in [0.1, 0.15) is 35.8 Å². The molecule has 9 rings (SSSR count). The summed E-state index contributed by atoms with van der Waals surface area (Å²) in [6.07, 6.45) is 15.2. The summed E-state index contributed by atoms with van der Waals surface area (Å²) in [5.41, 5.74) is 12.0. The van der Waals surface area contributed by atoms with E-state index in [0.29, 0.717) is 11.8 Å². The maximum Gasteiger partial charge on any atom is 0.294 e. The second-order valence-corrected chi connectivity index (χ2v) is 12.6. The van der Waals surface area contributed by atoms with Crippen LogP contribution in [0.3, 0.4) is 0 Å². The third-order valence-corrected chi connectivity index (χ3v) is 10.2. The number of benzene rings is 4. The van der Waals surface area contributed by atoms with Gasteiger partial charge in [-0.25, -0.2) is 4.57 Å². The lowest BCUT2D eigenvalue weighted by molar-refractivity contribution is -0.671. The highest BCUT2D eigenvalue weighted by Crippen LogP contribution is 2.47. The van der Waals surface area contributed by atoms with Crippen molar-refractivity contribution >= 4 is 21.9 Å². The Balaban J connectivity index is 1.30. The van der Waals surface area contributed by atoms with Crippen LogP contribution in [-0.4, -0.2) is 4.57 Å². The molecule has 3 aliphatic rings. The first-order chi connectivity index (χ1) is 20.3. The second kappa shape index (κ2) is 9.21. The standard InChI is InChI=1S/C38H35N2O/c1-2-10-25(11-3-1)28-20-31(26-12-4-5-13-26)37(32(21-28)27-14-6-7-15-27)40-19-18-39-24-29-22-36-34(23-33(29)38(39)40)30-16-8-9-17-35(30)41-36/h1-3,8-11,16-23,26-27H,4-7,12-15,24H2/q+1. The van der Waals surface area contributed by atoms with Gasteiger partial charge in [-0.1, -0.05) is 74.2 Å². The first-order valence-corrected chi connectivity index (χ1v) is 15.6. The van der Waals surface area contributed by atoms with Crippen LogP contribution >= 0.6 is 0 Å². The highest BCUT2D eigenvalue weighted by atomic mass is 16.3. The van der Waals surface area contributed by atoms with Crippen LogP contribution in [0.5, 0.6) is 0 Å². The molecule has 0 spiro atoms. The number of imidazole rings is 1. The fourth-order valence-electron chi connectivity index (χ4n) is 8.21. The van der Waals surface area contributed by atoms with Gasteiger partial charge < -0.3 is 4.42 Å². The Bertz CT molecular complexity index is 1890. The zero-order chi connectivity index (χ0) is 26.9. The fourth-order valence-corrected chi connectivity index (χ4v) is 8.21. The highest BCUT2D eigenvalue weighted by molar-refractivity contribution is 6.06. The van der Waals surface area contributed by atoms with E-state index in [0.717, 1.165) is 17.7 Å². The van der Waals surface area contributed by atoms with Crippen molar-refractivity contribution in [2.45, 2.75) is 69.7 Å². The Morgan fingerprint density at radius 3 is 2.07 bits per heavy atom. The highest BCUT2D eigenvalue weighted by Gasteiger charge is 2.36. The lowest BCUT2D eigenvalue weighted by Gasteiger charge is -2.22. The minimum Gasteiger partial charge on any atom is -0.456 e. The molecule has 0 atom stereocenters. The maximum atomic E-state index is 6.28. The van der Waals surface area contributed by atoms with Crippen molar-refractivity contribution in [1.82, 2.24) is 4.57 Å². The number of aromatic nitrogens is 2. The van der Waals surface area contributed by atoms with E-state index in [9.17, 15) is 0 Å². The molecule has 0 amide bonds. The van der Waals surface area contributed by atoms with E-state index in [1.807, 2.05) is 0 Å². The molecule has 4 aromatic carbocycles. The maximum absolute atomic E-state index is 6.28. The molecule has 2 fully saturated rings. The molecule has 202 valence electrons. The zero-order valence-corrected chi connectivity index (χ0v) is 23.5. The van der Waals surface area contributed by atoms with Crippen molar-refractivity contribution < 1.29 is 8.98 Å². The van der Waals surface area contributed by atoms with Crippen molar-refractivity contribution in [2.24, 2.45) is 0 Å². The lowest BCUT2D eigenvalue weighted by Crippen LogP contribution is -2.30. The Morgan fingerprint density at radius 2 is 1.34 bits per heavy atom. The molecule has 2 aliphatic carbocycles. The Morgan fingerprint density at radius 1 is 0.659 bits per heavy atom. The van der Waals surface area contributed by atoms with Gasteiger partial charge in [0.2, 0.25) is 0 Å². The summed E-state index contributed by atoms with van der Waals surface area (Å²) >= 11 is 0. The molecule has 0 bridgehead atoms. The molecule has 1 aliphatic heterocycles. The molecule has 0 N–H and O–H groups in total. The van der Waals surface area contributed by atoms with Crippen molar-refractivity contribution in [2.75, 3.05) is 0 Å². The zero-order valence-electron chi connectivity index (χ0n) is 23.5. The molecule has 3 heterocycles. The Labute approximate surface area is 241 Å². The SMILES string of the molecule is c1ccc(-c2cc(C3CCCC3)c(-n3cc[n+]4c3-c3cc5c(cc3C4)oc3ccccc35)c(C3CCCC3)c2)cc1. The molecule has 0 unspecified atom stereocenters. The van der Waals surface area contributed by atoms with Crippen LogP contribution in [0.1, 0.15) is 79.9 Å². The summed E-state index contributed by atoms with van der Waals surface area (Å²) < 4.78 is 11.3. The Hall–Kier alpha value is -4.11. The summed E-state index contributed by atoms with van der Waals surface area (Å²) in [7, 11) is 0. The van der Waals surface area contributed by atoms with Gasteiger partial charge in [-0.2, -0.15) is 4.57 Å². The van der Waals surface area contributed by atoms with Crippen LogP contribution in [-0.2, 0) is 6.54 Å². The van der Waals surface area contributed by atoms with Crippen LogP contribution in [0.4, 0.5) is 0 Å². The quantitative estimate of drug-likeness (QED) is 0.206. The molecule has 2 aromatic heterocycles. The van der Waals surface area contributed by atoms with E-state index in [4.69, 9.17) is 4.42 Å². The predicted octanol–water partition coefficient (Wildman–Crippen LogP) is 9.68. The molecule has 6 aromatic rings. The van der Waals surface area contributed by atoms with Gasteiger partial charge in [0.15, 0.2) is 0 Å². The van der Waals surface area contributed by atoms with Crippen LogP contribution in [0.2, 0.25) is 0 Å². The lowest BCUT2D eigenvalue weighted by atomic mass is 9.84. The monoisotopic (exact) mass is 535 g/mol. The summed E-state index contributed by atoms with van der Waals surface area (Å²) in [5.74, 6) is 2.56.